The van der Waals surface area contributed by atoms with Crippen LogP contribution < -0.4 is 0 Å². The second-order valence-corrected chi connectivity index (χ2v) is 5.88. The Morgan fingerprint density at radius 2 is 2.36 bits per heavy atom. The van der Waals surface area contributed by atoms with E-state index in [-0.39, 0.29) is 12.0 Å². The van der Waals surface area contributed by atoms with Gasteiger partial charge in [-0.2, -0.15) is 0 Å². The van der Waals surface area contributed by atoms with Crippen LogP contribution in [-0.4, -0.2) is 46.8 Å². The maximum Gasteiger partial charge on any atom is 0.289 e. The maximum atomic E-state index is 12.6. The summed E-state index contributed by atoms with van der Waals surface area (Å²) in [5.74, 6) is 1.36. The van der Waals surface area contributed by atoms with Crippen molar-refractivity contribution < 1.29 is 18.4 Å². The zero-order valence-corrected chi connectivity index (χ0v) is 12.3. The number of carbonyl (C=O) groups is 1. The van der Waals surface area contributed by atoms with Crippen LogP contribution in [-0.2, 0) is 10.2 Å². The van der Waals surface area contributed by atoms with Crippen LogP contribution in [0.15, 0.2) is 27.2 Å². The van der Waals surface area contributed by atoms with Gasteiger partial charge in [0.05, 0.1) is 17.8 Å². The summed E-state index contributed by atoms with van der Waals surface area (Å²) in [7, 11) is 0. The Morgan fingerprint density at radius 3 is 3.09 bits per heavy atom. The standard InChI is InChI=1S/C15H17N3O4/c1-10-16-17-14(22-10)15-5-8-21-12(15)4-6-18(9-15)13(19)11-3-2-7-20-11/h2-3,7,12H,4-6,8-9H2,1H3/t12-,15-/m1/s1. The van der Waals surface area contributed by atoms with Gasteiger partial charge in [-0.25, -0.2) is 0 Å². The fraction of sp³-hybridized carbons (Fsp3) is 0.533. The number of hydrogen-bond acceptors (Lipinski definition) is 6. The molecule has 2 atom stereocenters. The number of ether oxygens (including phenoxy) is 1. The number of amides is 1. The average molecular weight is 303 g/mol. The molecule has 116 valence electrons. The van der Waals surface area contributed by atoms with E-state index in [0.29, 0.717) is 37.2 Å². The first-order valence-electron chi connectivity index (χ1n) is 7.44. The zero-order valence-electron chi connectivity index (χ0n) is 12.3. The Morgan fingerprint density at radius 1 is 1.45 bits per heavy atom. The van der Waals surface area contributed by atoms with Crippen molar-refractivity contribution in [1.29, 1.82) is 0 Å². The van der Waals surface area contributed by atoms with Gasteiger partial charge in [0, 0.05) is 26.6 Å². The number of carbonyl (C=O) groups excluding carboxylic acids is 1. The lowest BCUT2D eigenvalue weighted by atomic mass is 9.76. The summed E-state index contributed by atoms with van der Waals surface area (Å²) in [5, 5.41) is 8.14. The van der Waals surface area contributed by atoms with E-state index in [1.165, 1.54) is 6.26 Å². The molecule has 0 unspecified atom stereocenters. The van der Waals surface area contributed by atoms with E-state index in [1.54, 1.807) is 24.0 Å². The van der Waals surface area contributed by atoms with Gasteiger partial charge in [0.15, 0.2) is 5.76 Å². The van der Waals surface area contributed by atoms with Gasteiger partial charge in [-0.1, -0.05) is 0 Å². The van der Waals surface area contributed by atoms with Crippen molar-refractivity contribution in [3.8, 4) is 0 Å². The molecule has 2 aliphatic heterocycles. The summed E-state index contributed by atoms with van der Waals surface area (Å²) in [6, 6.07) is 3.40. The van der Waals surface area contributed by atoms with Crippen LogP contribution in [0.25, 0.3) is 0 Å². The van der Waals surface area contributed by atoms with Gasteiger partial charge in [-0.15, -0.1) is 10.2 Å². The lowest BCUT2D eigenvalue weighted by molar-refractivity contribution is 0.00852. The zero-order chi connectivity index (χ0) is 15.2. The number of likely N-dealkylation sites (tertiary alicyclic amines) is 1. The number of piperidine rings is 1. The smallest absolute Gasteiger partial charge is 0.289 e. The molecule has 0 aromatic carbocycles. The molecule has 0 bridgehead atoms. The molecular formula is C15H17N3O4. The maximum absolute atomic E-state index is 12.6. The molecule has 0 saturated carbocycles. The number of nitrogens with zero attached hydrogens (tertiary/aromatic N) is 3. The fourth-order valence-corrected chi connectivity index (χ4v) is 3.48. The van der Waals surface area contributed by atoms with Crippen LogP contribution >= 0.6 is 0 Å². The van der Waals surface area contributed by atoms with E-state index >= 15 is 0 Å². The van der Waals surface area contributed by atoms with Crippen LogP contribution in [0.4, 0.5) is 0 Å². The highest BCUT2D eigenvalue weighted by Gasteiger charge is 2.53. The predicted molar refractivity (Wildman–Crippen MR) is 74.3 cm³/mol. The largest absolute Gasteiger partial charge is 0.459 e. The van der Waals surface area contributed by atoms with Gasteiger partial charge in [0.2, 0.25) is 11.8 Å². The lowest BCUT2D eigenvalue weighted by Crippen LogP contribution is -2.54. The monoisotopic (exact) mass is 303 g/mol. The summed E-state index contributed by atoms with van der Waals surface area (Å²) in [6.07, 6.45) is 3.07. The predicted octanol–water partition coefficient (Wildman–Crippen LogP) is 1.54. The third-order valence-corrected chi connectivity index (χ3v) is 4.59. The second-order valence-electron chi connectivity index (χ2n) is 5.88. The van der Waals surface area contributed by atoms with Gasteiger partial charge in [0.1, 0.15) is 0 Å². The molecule has 22 heavy (non-hydrogen) atoms. The molecule has 0 radical (unpaired) electrons. The highest BCUT2D eigenvalue weighted by molar-refractivity contribution is 5.91. The number of hydrogen-bond donors (Lipinski definition) is 0. The lowest BCUT2D eigenvalue weighted by Gasteiger charge is -2.41. The van der Waals surface area contributed by atoms with Crippen molar-refractivity contribution in [2.45, 2.75) is 31.3 Å². The SMILES string of the molecule is Cc1nnc([C@@]23CCO[C@@H]2CCN(C(=O)c2ccco2)C3)o1. The fourth-order valence-electron chi connectivity index (χ4n) is 3.48. The molecule has 4 heterocycles. The van der Waals surface area contributed by atoms with Crippen molar-refractivity contribution in [2.24, 2.45) is 0 Å². The summed E-state index contributed by atoms with van der Waals surface area (Å²) >= 11 is 0. The molecule has 4 rings (SSSR count). The minimum Gasteiger partial charge on any atom is -0.459 e. The Labute approximate surface area is 127 Å². The Bertz CT molecular complexity index is 681. The van der Waals surface area contributed by atoms with Gasteiger partial charge in [-0.3, -0.25) is 4.79 Å². The van der Waals surface area contributed by atoms with Gasteiger partial charge >= 0.3 is 0 Å². The van der Waals surface area contributed by atoms with Gasteiger partial charge in [-0.05, 0) is 25.0 Å². The van der Waals surface area contributed by atoms with Crippen molar-refractivity contribution in [3.63, 3.8) is 0 Å². The normalized spacial score (nSPS) is 27.9. The highest BCUT2D eigenvalue weighted by atomic mass is 16.5. The van der Waals surface area contributed by atoms with E-state index in [9.17, 15) is 4.79 Å². The molecule has 7 nitrogen and oxygen atoms in total. The third-order valence-electron chi connectivity index (χ3n) is 4.59. The van der Waals surface area contributed by atoms with Gasteiger partial charge in [0.25, 0.3) is 5.91 Å². The molecule has 1 amide bonds. The van der Waals surface area contributed by atoms with Crippen molar-refractivity contribution in [3.05, 3.63) is 35.9 Å². The van der Waals surface area contributed by atoms with Crippen LogP contribution in [0.5, 0.6) is 0 Å². The van der Waals surface area contributed by atoms with Crippen LogP contribution in [0, 0.1) is 6.92 Å². The van der Waals surface area contributed by atoms with Gasteiger partial charge < -0.3 is 18.5 Å². The minimum atomic E-state index is -0.401. The number of rotatable bonds is 2. The first-order valence-corrected chi connectivity index (χ1v) is 7.44. The molecule has 2 fully saturated rings. The summed E-state index contributed by atoms with van der Waals surface area (Å²) < 4.78 is 16.8. The summed E-state index contributed by atoms with van der Waals surface area (Å²) in [6.45, 7) is 3.57. The highest BCUT2D eigenvalue weighted by Crippen LogP contribution is 2.43. The topological polar surface area (TPSA) is 81.6 Å². The number of aromatic nitrogens is 2. The second kappa shape index (κ2) is 4.95. The molecule has 0 aliphatic carbocycles. The van der Waals surface area contributed by atoms with E-state index in [1.807, 2.05) is 0 Å². The Kier molecular flexibility index (Phi) is 3.04. The van der Waals surface area contributed by atoms with E-state index in [0.717, 1.165) is 12.8 Å². The summed E-state index contributed by atoms with van der Waals surface area (Å²) in [4.78, 5) is 14.3. The molecule has 2 aromatic heterocycles. The Balaban J connectivity index is 1.65. The van der Waals surface area contributed by atoms with Crippen LogP contribution in [0.2, 0.25) is 0 Å². The number of aryl methyl sites for hydroxylation is 1. The molecule has 2 saturated heterocycles. The van der Waals surface area contributed by atoms with E-state index in [2.05, 4.69) is 10.2 Å². The number of furan rings is 1. The first kappa shape index (κ1) is 13.5. The van der Waals surface area contributed by atoms with Crippen LogP contribution in [0.3, 0.4) is 0 Å². The van der Waals surface area contributed by atoms with E-state index < -0.39 is 5.41 Å². The first-order chi connectivity index (χ1) is 10.7. The summed E-state index contributed by atoms with van der Waals surface area (Å²) in [5.41, 5.74) is -0.401. The van der Waals surface area contributed by atoms with Crippen molar-refractivity contribution in [1.82, 2.24) is 15.1 Å². The molecule has 2 aliphatic rings. The number of fused-ring (bicyclic) bond motifs is 1. The minimum absolute atomic E-state index is 0.0213. The molecule has 0 spiro atoms. The molecular weight excluding hydrogens is 286 g/mol. The molecule has 2 aromatic rings. The van der Waals surface area contributed by atoms with Crippen LogP contribution in [0.1, 0.15) is 35.2 Å². The molecule has 0 N–H and O–H groups in total. The average Bonchev–Trinajstić information content (AvgIpc) is 3.26. The third kappa shape index (κ3) is 1.96. The van der Waals surface area contributed by atoms with Crippen molar-refractivity contribution in [2.75, 3.05) is 19.7 Å². The quantitative estimate of drug-likeness (QED) is 0.837. The van der Waals surface area contributed by atoms with Crippen molar-refractivity contribution >= 4 is 5.91 Å². The molecule has 7 heteroatoms. The Hall–Kier alpha value is -2.15. The van der Waals surface area contributed by atoms with E-state index in [4.69, 9.17) is 13.6 Å².